The third kappa shape index (κ3) is 4.72. The van der Waals surface area contributed by atoms with E-state index in [-0.39, 0.29) is 0 Å². The molecule has 112 valence electrons. The van der Waals surface area contributed by atoms with Crippen molar-refractivity contribution in [1.82, 2.24) is 5.32 Å². The van der Waals surface area contributed by atoms with E-state index in [1.165, 1.54) is 0 Å². The SMILES string of the molecule is CCC(NCC1CCS(=O)(=O)CC1)C1CCOCC1. The van der Waals surface area contributed by atoms with Gasteiger partial charge in [-0.15, -0.1) is 0 Å². The van der Waals surface area contributed by atoms with Crippen LogP contribution in [0.15, 0.2) is 0 Å². The zero-order valence-corrected chi connectivity index (χ0v) is 12.8. The van der Waals surface area contributed by atoms with Gasteiger partial charge in [0.15, 0.2) is 0 Å². The summed E-state index contributed by atoms with van der Waals surface area (Å²) in [5.74, 6) is 2.03. The molecule has 5 heteroatoms. The topological polar surface area (TPSA) is 55.4 Å². The molecule has 0 spiro atoms. The molecule has 4 nitrogen and oxygen atoms in total. The Hall–Kier alpha value is -0.130. The lowest BCUT2D eigenvalue weighted by Gasteiger charge is -2.32. The van der Waals surface area contributed by atoms with Gasteiger partial charge in [-0.25, -0.2) is 8.42 Å². The van der Waals surface area contributed by atoms with Gasteiger partial charge in [-0.3, -0.25) is 0 Å². The van der Waals surface area contributed by atoms with E-state index in [9.17, 15) is 8.42 Å². The molecule has 1 N–H and O–H groups in total. The van der Waals surface area contributed by atoms with Crippen LogP contribution in [0.25, 0.3) is 0 Å². The van der Waals surface area contributed by atoms with Crippen molar-refractivity contribution in [1.29, 1.82) is 0 Å². The van der Waals surface area contributed by atoms with Crippen LogP contribution in [0.5, 0.6) is 0 Å². The van der Waals surface area contributed by atoms with Crippen molar-refractivity contribution in [2.75, 3.05) is 31.3 Å². The minimum atomic E-state index is -2.72. The molecule has 0 aromatic heterocycles. The number of ether oxygens (including phenoxy) is 1. The quantitative estimate of drug-likeness (QED) is 0.835. The van der Waals surface area contributed by atoms with E-state index < -0.39 is 9.84 Å². The van der Waals surface area contributed by atoms with Crippen LogP contribution in [0.4, 0.5) is 0 Å². The molecule has 1 unspecified atom stereocenters. The summed E-state index contributed by atoms with van der Waals surface area (Å²) in [4.78, 5) is 0. The number of nitrogens with one attached hydrogen (secondary N) is 1. The zero-order valence-electron chi connectivity index (χ0n) is 11.9. The van der Waals surface area contributed by atoms with E-state index in [1.54, 1.807) is 0 Å². The molecule has 0 aliphatic carbocycles. The summed E-state index contributed by atoms with van der Waals surface area (Å²) in [6.07, 6.45) is 5.13. The summed E-state index contributed by atoms with van der Waals surface area (Å²) in [6.45, 7) is 5.00. The van der Waals surface area contributed by atoms with Gasteiger partial charge in [0.05, 0.1) is 11.5 Å². The van der Waals surface area contributed by atoms with E-state index in [1.807, 2.05) is 0 Å². The Morgan fingerprint density at radius 1 is 1.16 bits per heavy atom. The van der Waals surface area contributed by atoms with Crippen molar-refractivity contribution in [3.63, 3.8) is 0 Å². The summed E-state index contributed by atoms with van der Waals surface area (Å²) >= 11 is 0. The first-order valence-electron chi connectivity index (χ1n) is 7.62. The van der Waals surface area contributed by atoms with Gasteiger partial charge in [0, 0.05) is 19.3 Å². The first-order valence-corrected chi connectivity index (χ1v) is 9.44. The minimum absolute atomic E-state index is 0.382. The molecule has 2 aliphatic rings. The second-order valence-corrected chi connectivity index (χ2v) is 8.27. The molecule has 0 aromatic carbocycles. The minimum Gasteiger partial charge on any atom is -0.381 e. The maximum Gasteiger partial charge on any atom is 0.150 e. The lowest BCUT2D eigenvalue weighted by atomic mass is 9.89. The van der Waals surface area contributed by atoms with Crippen LogP contribution in [0, 0.1) is 11.8 Å². The monoisotopic (exact) mass is 289 g/mol. The standard InChI is InChI=1S/C14H27NO3S/c1-2-14(13-3-7-18-8-4-13)15-11-12-5-9-19(16,17)10-6-12/h12-15H,2-11H2,1H3. The average Bonchev–Trinajstić information content (AvgIpc) is 2.42. The predicted octanol–water partition coefficient (Wildman–Crippen LogP) is 1.61. The van der Waals surface area contributed by atoms with Crippen molar-refractivity contribution in [2.24, 2.45) is 11.8 Å². The van der Waals surface area contributed by atoms with Crippen molar-refractivity contribution in [3.8, 4) is 0 Å². The lowest BCUT2D eigenvalue weighted by molar-refractivity contribution is 0.0525. The molecule has 2 saturated heterocycles. The van der Waals surface area contributed by atoms with E-state index in [0.717, 1.165) is 57.8 Å². The molecule has 0 radical (unpaired) electrons. The Bertz CT molecular complexity index is 349. The molecule has 2 heterocycles. The largest absolute Gasteiger partial charge is 0.381 e. The molecular weight excluding hydrogens is 262 g/mol. The summed E-state index contributed by atoms with van der Waals surface area (Å²) in [7, 11) is -2.72. The fraction of sp³-hybridized carbons (Fsp3) is 1.00. The van der Waals surface area contributed by atoms with Crippen LogP contribution in [0.1, 0.15) is 39.0 Å². The van der Waals surface area contributed by atoms with E-state index in [2.05, 4.69) is 12.2 Å². The third-order valence-electron chi connectivity index (χ3n) is 4.62. The summed E-state index contributed by atoms with van der Waals surface area (Å²) in [5, 5.41) is 3.69. The second-order valence-electron chi connectivity index (χ2n) is 5.97. The highest BCUT2D eigenvalue weighted by Gasteiger charge is 2.26. The van der Waals surface area contributed by atoms with Gasteiger partial charge in [-0.2, -0.15) is 0 Å². The Morgan fingerprint density at radius 3 is 2.37 bits per heavy atom. The smallest absolute Gasteiger partial charge is 0.150 e. The molecule has 0 aromatic rings. The summed E-state index contributed by atoms with van der Waals surface area (Å²) < 4.78 is 28.2. The highest BCUT2D eigenvalue weighted by atomic mass is 32.2. The van der Waals surface area contributed by atoms with Crippen molar-refractivity contribution in [2.45, 2.75) is 45.1 Å². The van der Waals surface area contributed by atoms with Gasteiger partial charge in [-0.1, -0.05) is 6.92 Å². The van der Waals surface area contributed by atoms with Gasteiger partial charge >= 0.3 is 0 Å². The van der Waals surface area contributed by atoms with E-state index in [4.69, 9.17) is 4.74 Å². The van der Waals surface area contributed by atoms with Gasteiger partial charge in [0.25, 0.3) is 0 Å². The molecule has 19 heavy (non-hydrogen) atoms. The van der Waals surface area contributed by atoms with Crippen LogP contribution in [0.2, 0.25) is 0 Å². The zero-order chi connectivity index (χ0) is 13.7. The van der Waals surface area contributed by atoms with Crippen LogP contribution in [-0.4, -0.2) is 45.7 Å². The second kappa shape index (κ2) is 7.04. The molecule has 2 rings (SSSR count). The Kier molecular flexibility index (Phi) is 5.66. The third-order valence-corrected chi connectivity index (χ3v) is 6.33. The number of hydrogen-bond acceptors (Lipinski definition) is 4. The van der Waals surface area contributed by atoms with Gasteiger partial charge in [0.2, 0.25) is 0 Å². The van der Waals surface area contributed by atoms with Crippen molar-refractivity contribution in [3.05, 3.63) is 0 Å². The Labute approximate surface area is 117 Å². The van der Waals surface area contributed by atoms with Gasteiger partial charge < -0.3 is 10.1 Å². The molecule has 2 fully saturated rings. The van der Waals surface area contributed by atoms with Crippen molar-refractivity contribution < 1.29 is 13.2 Å². The first-order chi connectivity index (χ1) is 9.11. The number of hydrogen-bond donors (Lipinski definition) is 1. The molecule has 0 saturated carbocycles. The van der Waals surface area contributed by atoms with Gasteiger partial charge in [-0.05, 0) is 50.5 Å². The number of sulfone groups is 1. The first kappa shape index (κ1) is 15.3. The number of rotatable bonds is 5. The molecule has 0 bridgehead atoms. The maximum absolute atomic E-state index is 11.4. The fourth-order valence-corrected chi connectivity index (χ4v) is 4.81. The van der Waals surface area contributed by atoms with Crippen LogP contribution in [0.3, 0.4) is 0 Å². The molecular formula is C14H27NO3S. The van der Waals surface area contributed by atoms with Crippen LogP contribution in [-0.2, 0) is 14.6 Å². The highest BCUT2D eigenvalue weighted by Crippen LogP contribution is 2.22. The molecule has 2 aliphatic heterocycles. The van der Waals surface area contributed by atoms with Crippen molar-refractivity contribution >= 4 is 9.84 Å². The molecule has 1 atom stereocenters. The van der Waals surface area contributed by atoms with E-state index >= 15 is 0 Å². The lowest BCUT2D eigenvalue weighted by Crippen LogP contribution is -2.42. The molecule has 0 amide bonds. The summed E-state index contributed by atoms with van der Waals surface area (Å²) in [5.41, 5.74) is 0. The maximum atomic E-state index is 11.4. The highest BCUT2D eigenvalue weighted by molar-refractivity contribution is 7.91. The van der Waals surface area contributed by atoms with Gasteiger partial charge in [0.1, 0.15) is 9.84 Å². The van der Waals surface area contributed by atoms with E-state index in [0.29, 0.717) is 23.5 Å². The Morgan fingerprint density at radius 2 is 1.79 bits per heavy atom. The fourth-order valence-electron chi connectivity index (χ4n) is 3.22. The summed E-state index contributed by atoms with van der Waals surface area (Å²) in [6, 6.07) is 0.572. The van der Waals surface area contributed by atoms with Crippen LogP contribution >= 0.6 is 0 Å². The normalized spacial score (nSPS) is 27.2. The van der Waals surface area contributed by atoms with Crippen LogP contribution < -0.4 is 5.32 Å². The average molecular weight is 289 g/mol. The Balaban J connectivity index is 1.74. The predicted molar refractivity (Wildman–Crippen MR) is 77.0 cm³/mol.